The van der Waals surface area contributed by atoms with Gasteiger partial charge in [-0.25, -0.2) is 4.98 Å². The Hall–Kier alpha value is -1.89. The Morgan fingerprint density at radius 1 is 1.65 bits per heavy atom. The first-order valence-corrected chi connectivity index (χ1v) is 5.10. The Balaban J connectivity index is 2.53. The first-order valence-electron chi connectivity index (χ1n) is 5.10. The van der Waals surface area contributed by atoms with Gasteiger partial charge in [-0.3, -0.25) is 9.59 Å². The van der Waals surface area contributed by atoms with Gasteiger partial charge in [-0.1, -0.05) is 0 Å². The van der Waals surface area contributed by atoms with E-state index in [1.807, 2.05) is 0 Å². The maximum atomic E-state index is 11.5. The molecule has 1 rings (SSSR count). The Kier molecular flexibility index (Phi) is 4.22. The third kappa shape index (κ3) is 3.87. The molecule has 0 aliphatic rings. The molecule has 1 aromatic heterocycles. The fraction of sp³-hybridized carbons (Fsp3) is 0.500. The van der Waals surface area contributed by atoms with Crippen molar-refractivity contribution in [1.82, 2.24) is 10.3 Å². The first kappa shape index (κ1) is 13.2. The number of oxazole rings is 1. The number of carbonyl (C=O) groups is 2. The lowest BCUT2D eigenvalue weighted by Gasteiger charge is -2.13. The van der Waals surface area contributed by atoms with Crippen molar-refractivity contribution in [3.05, 3.63) is 17.8 Å². The number of aryl methyl sites for hydroxylation is 1. The van der Waals surface area contributed by atoms with E-state index in [4.69, 9.17) is 15.3 Å². The predicted octanol–water partition coefficient (Wildman–Crippen LogP) is -0.0378. The topological polar surface area (TPSA) is 118 Å². The third-order valence-corrected chi connectivity index (χ3v) is 2.10. The van der Waals surface area contributed by atoms with E-state index >= 15 is 0 Å². The second-order valence-corrected chi connectivity index (χ2v) is 3.74. The van der Waals surface area contributed by atoms with Gasteiger partial charge in [0.05, 0.1) is 18.7 Å². The summed E-state index contributed by atoms with van der Waals surface area (Å²) in [6.45, 7) is 3.41. The fourth-order valence-corrected chi connectivity index (χ4v) is 1.24. The minimum Gasteiger partial charge on any atom is -0.481 e. The SMILES string of the molecule is Cc1cnc(C(C)NC(=O)C(N)CC(=O)O)o1. The molecule has 0 radical (unpaired) electrons. The maximum absolute atomic E-state index is 11.5. The standard InChI is InChI=1S/C10H15N3O4/c1-5-4-12-10(17-5)6(2)13-9(16)7(11)3-8(14)15/h4,6-7H,3,11H2,1-2H3,(H,13,16)(H,14,15). The molecule has 17 heavy (non-hydrogen) atoms. The number of nitrogens with two attached hydrogens (primary N) is 1. The number of aromatic nitrogens is 1. The van der Waals surface area contributed by atoms with Crippen molar-refractivity contribution in [1.29, 1.82) is 0 Å². The Bertz CT molecular complexity index is 415. The average molecular weight is 241 g/mol. The largest absolute Gasteiger partial charge is 0.481 e. The molecule has 1 aromatic rings. The van der Waals surface area contributed by atoms with Crippen molar-refractivity contribution in [2.45, 2.75) is 32.4 Å². The molecule has 0 aromatic carbocycles. The van der Waals surface area contributed by atoms with Crippen LogP contribution in [0.2, 0.25) is 0 Å². The number of carboxylic acid groups (broad SMARTS) is 1. The van der Waals surface area contributed by atoms with E-state index < -0.39 is 30.4 Å². The van der Waals surface area contributed by atoms with Gasteiger partial charge in [0.1, 0.15) is 11.8 Å². The number of hydrogen-bond acceptors (Lipinski definition) is 5. The molecule has 7 heteroatoms. The van der Waals surface area contributed by atoms with E-state index in [1.165, 1.54) is 6.20 Å². The summed E-state index contributed by atoms with van der Waals surface area (Å²) in [6.07, 6.45) is 1.12. The van der Waals surface area contributed by atoms with Crippen LogP contribution in [-0.2, 0) is 9.59 Å². The molecule has 0 saturated heterocycles. The van der Waals surface area contributed by atoms with Gasteiger partial charge >= 0.3 is 5.97 Å². The van der Waals surface area contributed by atoms with E-state index in [2.05, 4.69) is 10.3 Å². The number of carboxylic acids is 1. The Labute approximate surface area is 98.0 Å². The highest BCUT2D eigenvalue weighted by atomic mass is 16.4. The summed E-state index contributed by atoms with van der Waals surface area (Å²) in [7, 11) is 0. The number of nitrogens with one attached hydrogen (secondary N) is 1. The van der Waals surface area contributed by atoms with Crippen LogP contribution >= 0.6 is 0 Å². The van der Waals surface area contributed by atoms with Gasteiger partial charge in [0.25, 0.3) is 0 Å². The number of hydrogen-bond donors (Lipinski definition) is 3. The van der Waals surface area contributed by atoms with Crippen molar-refractivity contribution in [3.63, 3.8) is 0 Å². The molecule has 1 heterocycles. The molecule has 1 amide bonds. The lowest BCUT2D eigenvalue weighted by atomic mass is 10.2. The molecular weight excluding hydrogens is 226 g/mol. The van der Waals surface area contributed by atoms with Crippen molar-refractivity contribution < 1.29 is 19.1 Å². The van der Waals surface area contributed by atoms with Crippen molar-refractivity contribution in [3.8, 4) is 0 Å². The van der Waals surface area contributed by atoms with Gasteiger partial charge in [0.2, 0.25) is 11.8 Å². The second-order valence-electron chi connectivity index (χ2n) is 3.74. The van der Waals surface area contributed by atoms with Crippen LogP contribution in [0.15, 0.2) is 10.6 Å². The molecule has 0 bridgehead atoms. The molecule has 0 fully saturated rings. The maximum Gasteiger partial charge on any atom is 0.305 e. The van der Waals surface area contributed by atoms with Crippen molar-refractivity contribution in [2.24, 2.45) is 5.73 Å². The monoisotopic (exact) mass is 241 g/mol. The van der Waals surface area contributed by atoms with Crippen LogP contribution in [-0.4, -0.2) is 28.0 Å². The van der Waals surface area contributed by atoms with Gasteiger partial charge < -0.3 is 20.6 Å². The summed E-state index contributed by atoms with van der Waals surface area (Å²) in [5.74, 6) is -0.669. The van der Waals surface area contributed by atoms with Crippen LogP contribution in [0.4, 0.5) is 0 Å². The molecule has 0 saturated carbocycles. The Morgan fingerprint density at radius 3 is 2.76 bits per heavy atom. The van der Waals surface area contributed by atoms with Crippen molar-refractivity contribution in [2.75, 3.05) is 0 Å². The van der Waals surface area contributed by atoms with Gasteiger partial charge in [-0.15, -0.1) is 0 Å². The summed E-state index contributed by atoms with van der Waals surface area (Å²) < 4.78 is 5.22. The van der Waals surface area contributed by atoms with Crippen LogP contribution < -0.4 is 11.1 Å². The minimum absolute atomic E-state index is 0.360. The van der Waals surface area contributed by atoms with Crippen LogP contribution in [0, 0.1) is 6.92 Å². The number of aliphatic carboxylic acids is 1. The third-order valence-electron chi connectivity index (χ3n) is 2.10. The molecule has 4 N–H and O–H groups in total. The normalized spacial score (nSPS) is 14.1. The molecule has 0 aliphatic heterocycles. The molecule has 7 nitrogen and oxygen atoms in total. The second kappa shape index (κ2) is 5.44. The quantitative estimate of drug-likeness (QED) is 0.665. The molecule has 0 aliphatic carbocycles. The van der Waals surface area contributed by atoms with Crippen LogP contribution in [0.1, 0.15) is 31.0 Å². The van der Waals surface area contributed by atoms with E-state index in [1.54, 1.807) is 13.8 Å². The van der Waals surface area contributed by atoms with E-state index in [0.717, 1.165) is 0 Å². The lowest BCUT2D eigenvalue weighted by molar-refractivity contribution is -0.139. The summed E-state index contributed by atoms with van der Waals surface area (Å²) in [5, 5.41) is 11.0. The number of amides is 1. The fourth-order valence-electron chi connectivity index (χ4n) is 1.24. The minimum atomic E-state index is -1.12. The first-order chi connectivity index (χ1) is 7.90. The van der Waals surface area contributed by atoms with Crippen LogP contribution in [0.5, 0.6) is 0 Å². The predicted molar refractivity (Wildman–Crippen MR) is 58.0 cm³/mol. The zero-order chi connectivity index (χ0) is 13.0. The molecule has 0 spiro atoms. The van der Waals surface area contributed by atoms with E-state index in [-0.39, 0.29) is 0 Å². The summed E-state index contributed by atoms with van der Waals surface area (Å²) in [6, 6.07) is -1.53. The highest BCUT2D eigenvalue weighted by Crippen LogP contribution is 2.11. The Morgan fingerprint density at radius 2 is 2.29 bits per heavy atom. The molecule has 2 atom stereocenters. The van der Waals surface area contributed by atoms with Gasteiger partial charge in [0.15, 0.2) is 0 Å². The number of nitrogens with zero attached hydrogens (tertiary/aromatic N) is 1. The average Bonchev–Trinajstić information content (AvgIpc) is 2.63. The summed E-state index contributed by atoms with van der Waals surface area (Å²) >= 11 is 0. The van der Waals surface area contributed by atoms with E-state index in [0.29, 0.717) is 11.7 Å². The van der Waals surface area contributed by atoms with E-state index in [9.17, 15) is 9.59 Å². The highest BCUT2D eigenvalue weighted by molar-refractivity contribution is 5.86. The smallest absolute Gasteiger partial charge is 0.305 e. The zero-order valence-electron chi connectivity index (χ0n) is 9.64. The molecule has 2 unspecified atom stereocenters. The summed E-state index contributed by atoms with van der Waals surface area (Å²) in [5.41, 5.74) is 5.41. The number of rotatable bonds is 5. The van der Waals surface area contributed by atoms with Crippen LogP contribution in [0.25, 0.3) is 0 Å². The highest BCUT2D eigenvalue weighted by Gasteiger charge is 2.21. The number of carbonyl (C=O) groups excluding carboxylic acids is 1. The van der Waals surface area contributed by atoms with Gasteiger partial charge in [-0.2, -0.15) is 0 Å². The van der Waals surface area contributed by atoms with Crippen molar-refractivity contribution >= 4 is 11.9 Å². The van der Waals surface area contributed by atoms with Gasteiger partial charge in [0, 0.05) is 0 Å². The van der Waals surface area contributed by atoms with Crippen LogP contribution in [0.3, 0.4) is 0 Å². The zero-order valence-corrected chi connectivity index (χ0v) is 9.64. The lowest BCUT2D eigenvalue weighted by Crippen LogP contribution is -2.42. The molecular formula is C10H15N3O4. The van der Waals surface area contributed by atoms with Gasteiger partial charge in [-0.05, 0) is 13.8 Å². The summed E-state index contributed by atoms with van der Waals surface area (Å²) in [4.78, 5) is 25.8. The molecule has 94 valence electrons.